The third-order valence-corrected chi connectivity index (χ3v) is 4.94. The molecule has 0 fully saturated rings. The van der Waals surface area contributed by atoms with E-state index in [1.165, 1.54) is 33.0 Å². The molecule has 2 aromatic heterocycles. The third-order valence-electron chi connectivity index (χ3n) is 4.94. The number of pyridine rings is 1. The lowest BCUT2D eigenvalue weighted by molar-refractivity contribution is 0.582. The maximum Gasteiger partial charge on any atom is 0.138 e. The fraction of sp³-hybridized carbons (Fsp3) is 0.227. The monoisotopic (exact) mass is 344 g/mol. The van der Waals surface area contributed by atoms with Crippen molar-refractivity contribution in [2.24, 2.45) is 5.73 Å². The van der Waals surface area contributed by atoms with Gasteiger partial charge in [-0.25, -0.2) is 4.98 Å². The van der Waals surface area contributed by atoms with E-state index in [0.717, 1.165) is 17.7 Å². The van der Waals surface area contributed by atoms with E-state index in [4.69, 9.17) is 5.73 Å². The van der Waals surface area contributed by atoms with Crippen LogP contribution in [-0.2, 0) is 0 Å². The summed E-state index contributed by atoms with van der Waals surface area (Å²) in [6.45, 7) is 5.75. The van der Waals surface area contributed by atoms with Gasteiger partial charge in [-0.2, -0.15) is 0 Å². The van der Waals surface area contributed by atoms with Crippen molar-refractivity contribution in [2.45, 2.75) is 19.9 Å². The van der Waals surface area contributed by atoms with Gasteiger partial charge in [0.15, 0.2) is 0 Å². The van der Waals surface area contributed by atoms with Gasteiger partial charge < -0.3 is 16.0 Å². The SMILES string of the molecule is Cc1ccc2[nH]c3nccc(-c4cccc([C@@H](C)NCCN)c4)c3c2c1. The zero-order chi connectivity index (χ0) is 18.1. The van der Waals surface area contributed by atoms with Gasteiger partial charge in [0.25, 0.3) is 0 Å². The molecule has 0 unspecified atom stereocenters. The summed E-state index contributed by atoms with van der Waals surface area (Å²) in [5.74, 6) is 0. The minimum absolute atomic E-state index is 0.265. The van der Waals surface area contributed by atoms with E-state index in [0.29, 0.717) is 6.54 Å². The topological polar surface area (TPSA) is 66.7 Å². The molecule has 4 aromatic rings. The number of rotatable bonds is 5. The maximum absolute atomic E-state index is 5.62. The molecule has 4 rings (SSSR count). The van der Waals surface area contributed by atoms with Crippen molar-refractivity contribution in [1.82, 2.24) is 15.3 Å². The Hall–Kier alpha value is -2.69. The Morgan fingerprint density at radius 1 is 1.15 bits per heavy atom. The summed E-state index contributed by atoms with van der Waals surface area (Å²) in [6, 6.07) is 17.6. The Balaban J connectivity index is 1.87. The zero-order valence-electron chi connectivity index (χ0n) is 15.2. The standard InChI is InChI=1S/C22H24N4/c1-14-6-7-20-19(12-14)21-18(8-10-25-22(21)26-20)17-5-3-4-16(13-17)15(2)24-11-9-23/h3-8,10,12-13,15,24H,9,11,23H2,1-2H3,(H,25,26)/t15-/m1/s1. The molecule has 132 valence electrons. The van der Waals surface area contributed by atoms with Crippen LogP contribution in [0.2, 0.25) is 0 Å². The van der Waals surface area contributed by atoms with E-state index in [2.05, 4.69) is 77.7 Å². The fourth-order valence-corrected chi connectivity index (χ4v) is 3.56. The lowest BCUT2D eigenvalue weighted by Gasteiger charge is -2.15. The Kier molecular flexibility index (Phi) is 4.45. The molecule has 26 heavy (non-hydrogen) atoms. The van der Waals surface area contributed by atoms with Crippen LogP contribution in [0.3, 0.4) is 0 Å². The number of benzene rings is 2. The lowest BCUT2D eigenvalue weighted by atomic mass is 9.97. The summed E-state index contributed by atoms with van der Waals surface area (Å²) in [5, 5.41) is 5.86. The number of aromatic nitrogens is 2. The van der Waals surface area contributed by atoms with E-state index < -0.39 is 0 Å². The van der Waals surface area contributed by atoms with Gasteiger partial charge in [-0.3, -0.25) is 0 Å². The maximum atomic E-state index is 5.62. The molecule has 4 heteroatoms. The van der Waals surface area contributed by atoms with Crippen molar-refractivity contribution >= 4 is 21.9 Å². The van der Waals surface area contributed by atoms with Gasteiger partial charge in [0.2, 0.25) is 0 Å². The molecule has 2 heterocycles. The summed E-state index contributed by atoms with van der Waals surface area (Å²) in [7, 11) is 0. The minimum atomic E-state index is 0.265. The van der Waals surface area contributed by atoms with Gasteiger partial charge in [0.05, 0.1) is 0 Å². The average molecular weight is 344 g/mol. The predicted octanol–water partition coefficient (Wildman–Crippen LogP) is 4.30. The number of nitrogens with one attached hydrogen (secondary N) is 2. The quantitative estimate of drug-likeness (QED) is 0.506. The van der Waals surface area contributed by atoms with Crippen molar-refractivity contribution in [3.05, 3.63) is 65.9 Å². The van der Waals surface area contributed by atoms with Crippen LogP contribution >= 0.6 is 0 Å². The number of hydrogen-bond donors (Lipinski definition) is 3. The first-order chi connectivity index (χ1) is 12.7. The molecule has 4 N–H and O–H groups in total. The van der Waals surface area contributed by atoms with Crippen LogP contribution in [0, 0.1) is 6.92 Å². The van der Waals surface area contributed by atoms with Gasteiger partial charge in [-0.05, 0) is 54.8 Å². The molecule has 0 spiro atoms. The second kappa shape index (κ2) is 6.90. The van der Waals surface area contributed by atoms with Crippen LogP contribution in [0.15, 0.2) is 54.7 Å². The molecule has 2 aromatic carbocycles. The van der Waals surface area contributed by atoms with Crippen LogP contribution in [0.1, 0.15) is 24.1 Å². The number of hydrogen-bond acceptors (Lipinski definition) is 3. The minimum Gasteiger partial charge on any atom is -0.339 e. The van der Waals surface area contributed by atoms with E-state index in [1.807, 2.05) is 6.20 Å². The Morgan fingerprint density at radius 2 is 2.04 bits per heavy atom. The molecular formula is C22H24N4. The second-order valence-corrected chi connectivity index (χ2v) is 6.85. The fourth-order valence-electron chi connectivity index (χ4n) is 3.56. The van der Waals surface area contributed by atoms with Gasteiger partial charge in [0.1, 0.15) is 5.65 Å². The Labute approximate surface area is 153 Å². The third kappa shape index (κ3) is 2.98. The highest BCUT2D eigenvalue weighted by atomic mass is 14.9. The van der Waals surface area contributed by atoms with Gasteiger partial charge in [-0.15, -0.1) is 0 Å². The Morgan fingerprint density at radius 3 is 2.88 bits per heavy atom. The van der Waals surface area contributed by atoms with E-state index in [-0.39, 0.29) is 6.04 Å². The molecule has 4 nitrogen and oxygen atoms in total. The van der Waals surface area contributed by atoms with E-state index >= 15 is 0 Å². The number of aromatic amines is 1. The largest absolute Gasteiger partial charge is 0.339 e. The molecule has 0 aliphatic carbocycles. The van der Waals surface area contributed by atoms with E-state index in [9.17, 15) is 0 Å². The molecule has 0 radical (unpaired) electrons. The summed E-state index contributed by atoms with van der Waals surface area (Å²) in [4.78, 5) is 7.99. The first-order valence-electron chi connectivity index (χ1n) is 9.08. The summed E-state index contributed by atoms with van der Waals surface area (Å²) in [6.07, 6.45) is 1.88. The van der Waals surface area contributed by atoms with Crippen LogP contribution in [0.5, 0.6) is 0 Å². The van der Waals surface area contributed by atoms with Crippen molar-refractivity contribution < 1.29 is 0 Å². The highest BCUT2D eigenvalue weighted by molar-refractivity contribution is 6.13. The number of nitrogens with two attached hydrogens (primary N) is 1. The number of aryl methyl sites for hydroxylation is 1. The number of fused-ring (bicyclic) bond motifs is 3. The van der Waals surface area contributed by atoms with Crippen molar-refractivity contribution in [3.63, 3.8) is 0 Å². The van der Waals surface area contributed by atoms with Gasteiger partial charge >= 0.3 is 0 Å². The smallest absolute Gasteiger partial charge is 0.138 e. The highest BCUT2D eigenvalue weighted by Gasteiger charge is 2.13. The van der Waals surface area contributed by atoms with Crippen molar-refractivity contribution in [2.75, 3.05) is 13.1 Å². The molecule has 0 saturated carbocycles. The normalized spacial score (nSPS) is 12.7. The highest BCUT2D eigenvalue weighted by Crippen LogP contribution is 2.34. The molecule has 0 saturated heterocycles. The van der Waals surface area contributed by atoms with Crippen molar-refractivity contribution in [3.8, 4) is 11.1 Å². The van der Waals surface area contributed by atoms with Gasteiger partial charge in [-0.1, -0.05) is 29.8 Å². The van der Waals surface area contributed by atoms with Crippen LogP contribution in [0.4, 0.5) is 0 Å². The molecule has 0 bridgehead atoms. The van der Waals surface area contributed by atoms with Crippen LogP contribution < -0.4 is 11.1 Å². The number of nitrogens with zero attached hydrogens (tertiary/aromatic N) is 1. The first kappa shape index (κ1) is 16.8. The molecule has 1 atom stereocenters. The molecule has 0 aliphatic heterocycles. The Bertz CT molecular complexity index is 1060. The lowest BCUT2D eigenvalue weighted by Crippen LogP contribution is -2.25. The molecular weight excluding hydrogens is 320 g/mol. The zero-order valence-corrected chi connectivity index (χ0v) is 15.2. The summed E-state index contributed by atoms with van der Waals surface area (Å²) >= 11 is 0. The summed E-state index contributed by atoms with van der Waals surface area (Å²) < 4.78 is 0. The average Bonchev–Trinajstić information content (AvgIpc) is 3.04. The van der Waals surface area contributed by atoms with Crippen LogP contribution in [-0.4, -0.2) is 23.1 Å². The van der Waals surface area contributed by atoms with E-state index in [1.54, 1.807) is 0 Å². The number of H-pyrrole nitrogens is 1. The van der Waals surface area contributed by atoms with Gasteiger partial charge in [0, 0.05) is 41.6 Å². The first-order valence-corrected chi connectivity index (χ1v) is 9.08. The summed E-state index contributed by atoms with van der Waals surface area (Å²) in [5.41, 5.74) is 12.6. The molecule has 0 amide bonds. The predicted molar refractivity (Wildman–Crippen MR) is 109 cm³/mol. The van der Waals surface area contributed by atoms with Crippen LogP contribution in [0.25, 0.3) is 33.1 Å². The molecule has 0 aliphatic rings. The second-order valence-electron chi connectivity index (χ2n) is 6.85. The van der Waals surface area contributed by atoms with Crippen molar-refractivity contribution in [1.29, 1.82) is 0 Å².